The van der Waals surface area contributed by atoms with Crippen LogP contribution in [0.2, 0.25) is 0 Å². The van der Waals surface area contributed by atoms with Crippen LogP contribution in [0.3, 0.4) is 0 Å². The first-order chi connectivity index (χ1) is 7.07. The summed E-state index contributed by atoms with van der Waals surface area (Å²) in [4.78, 5) is 15.3. The molecule has 0 spiro atoms. The lowest BCUT2D eigenvalue weighted by atomic mass is 10.1. The second-order valence-electron chi connectivity index (χ2n) is 3.65. The summed E-state index contributed by atoms with van der Waals surface area (Å²) in [7, 11) is 1.37. The second kappa shape index (κ2) is 4.88. The Labute approximate surface area is 95.9 Å². The molecule has 2 atom stereocenters. The molecule has 0 amide bonds. The summed E-state index contributed by atoms with van der Waals surface area (Å²) < 4.78 is 4.72. The van der Waals surface area contributed by atoms with Crippen LogP contribution < -0.4 is 5.32 Å². The van der Waals surface area contributed by atoms with Crippen LogP contribution in [0.5, 0.6) is 0 Å². The van der Waals surface area contributed by atoms with E-state index in [1.54, 1.807) is 0 Å². The first kappa shape index (κ1) is 12.4. The Hall–Kier alpha value is -0.710. The number of nitrogens with zero attached hydrogens (tertiary/aromatic N) is 1. The Kier molecular flexibility index (Phi) is 4.02. The van der Waals surface area contributed by atoms with Crippen molar-refractivity contribution >= 4 is 24.4 Å². The normalized spacial score (nSPS) is 29.6. The molecule has 0 radical (unpaired) electrons. The molecule has 0 fully saturated rings. The van der Waals surface area contributed by atoms with E-state index in [0.29, 0.717) is 6.42 Å². The standard InChI is InChI=1S/C10H18N2O2S/c1-4-6-7-11-8(9(13)14-3)10(15,5-2)12-7/h8,15H,4-6H2,1-3H3,(H,11,12). The number of ether oxygens (including phenoxy) is 1. The van der Waals surface area contributed by atoms with Crippen LogP contribution in [0, 0.1) is 0 Å². The van der Waals surface area contributed by atoms with Gasteiger partial charge in [-0.3, -0.25) is 4.99 Å². The SMILES string of the molecule is CCCC1=NC(C(=O)OC)C(S)(CC)N1. The highest BCUT2D eigenvalue weighted by Gasteiger charge is 2.44. The lowest BCUT2D eigenvalue weighted by Crippen LogP contribution is -2.48. The Balaban J connectivity index is 2.83. The second-order valence-corrected chi connectivity index (χ2v) is 4.45. The van der Waals surface area contributed by atoms with Crippen LogP contribution in [0.15, 0.2) is 4.99 Å². The van der Waals surface area contributed by atoms with Gasteiger partial charge in [0.15, 0.2) is 6.04 Å². The Morgan fingerprint density at radius 3 is 2.80 bits per heavy atom. The molecule has 1 aliphatic rings. The van der Waals surface area contributed by atoms with Gasteiger partial charge in [0, 0.05) is 6.42 Å². The number of esters is 1. The molecular formula is C10H18N2O2S. The van der Waals surface area contributed by atoms with Gasteiger partial charge in [-0.05, 0) is 12.8 Å². The van der Waals surface area contributed by atoms with Gasteiger partial charge in [0.1, 0.15) is 4.87 Å². The number of hydrogen-bond acceptors (Lipinski definition) is 5. The van der Waals surface area contributed by atoms with Gasteiger partial charge in [0.25, 0.3) is 0 Å². The van der Waals surface area contributed by atoms with Crippen molar-refractivity contribution in [2.45, 2.75) is 44.0 Å². The Morgan fingerprint density at radius 1 is 1.67 bits per heavy atom. The first-order valence-corrected chi connectivity index (χ1v) is 5.67. The molecule has 4 nitrogen and oxygen atoms in total. The highest BCUT2D eigenvalue weighted by Crippen LogP contribution is 2.29. The van der Waals surface area contributed by atoms with E-state index in [2.05, 4.69) is 29.9 Å². The molecular weight excluding hydrogens is 212 g/mol. The smallest absolute Gasteiger partial charge is 0.334 e. The van der Waals surface area contributed by atoms with E-state index in [4.69, 9.17) is 4.74 Å². The molecule has 0 aromatic heterocycles. The number of carbonyl (C=O) groups is 1. The van der Waals surface area contributed by atoms with Gasteiger partial charge in [0.05, 0.1) is 12.9 Å². The van der Waals surface area contributed by atoms with Crippen LogP contribution in [0.25, 0.3) is 0 Å². The predicted molar refractivity (Wildman–Crippen MR) is 63.3 cm³/mol. The van der Waals surface area contributed by atoms with Crippen molar-refractivity contribution in [3.05, 3.63) is 0 Å². The van der Waals surface area contributed by atoms with Gasteiger partial charge in [0.2, 0.25) is 0 Å². The summed E-state index contributed by atoms with van der Waals surface area (Å²) in [6.07, 6.45) is 2.55. The Bertz CT molecular complexity index is 281. The van der Waals surface area contributed by atoms with Gasteiger partial charge >= 0.3 is 5.97 Å². The molecule has 15 heavy (non-hydrogen) atoms. The van der Waals surface area contributed by atoms with Crippen molar-refractivity contribution < 1.29 is 9.53 Å². The maximum atomic E-state index is 11.5. The minimum Gasteiger partial charge on any atom is -0.467 e. The topological polar surface area (TPSA) is 50.7 Å². The van der Waals surface area contributed by atoms with Gasteiger partial charge < -0.3 is 10.1 Å². The molecule has 0 aliphatic carbocycles. The van der Waals surface area contributed by atoms with Crippen molar-refractivity contribution in [2.75, 3.05) is 7.11 Å². The quantitative estimate of drug-likeness (QED) is 0.566. The van der Waals surface area contributed by atoms with Crippen molar-refractivity contribution in [3.8, 4) is 0 Å². The fourth-order valence-corrected chi connectivity index (χ4v) is 1.91. The lowest BCUT2D eigenvalue weighted by Gasteiger charge is -2.26. The zero-order valence-electron chi connectivity index (χ0n) is 9.41. The number of methoxy groups -OCH3 is 1. The summed E-state index contributed by atoms with van der Waals surface area (Å²) >= 11 is 4.49. The number of aliphatic imine (C=N–C) groups is 1. The fraction of sp³-hybridized carbons (Fsp3) is 0.800. The highest BCUT2D eigenvalue weighted by atomic mass is 32.1. The molecule has 86 valence electrons. The molecule has 2 unspecified atom stereocenters. The summed E-state index contributed by atoms with van der Waals surface area (Å²) in [6.45, 7) is 4.04. The molecule has 0 saturated carbocycles. The van der Waals surface area contributed by atoms with Crippen molar-refractivity contribution in [1.82, 2.24) is 5.32 Å². The van der Waals surface area contributed by atoms with Crippen LogP contribution in [-0.4, -0.2) is 29.8 Å². The summed E-state index contributed by atoms with van der Waals surface area (Å²) in [5.74, 6) is 0.523. The third-order valence-electron chi connectivity index (χ3n) is 2.55. The molecule has 0 aromatic carbocycles. The number of hydrogen-bond donors (Lipinski definition) is 2. The van der Waals surface area contributed by atoms with Crippen LogP contribution >= 0.6 is 12.6 Å². The van der Waals surface area contributed by atoms with E-state index in [1.165, 1.54) is 7.11 Å². The zero-order valence-corrected chi connectivity index (χ0v) is 10.3. The number of rotatable bonds is 4. The van der Waals surface area contributed by atoms with Gasteiger partial charge in [-0.15, -0.1) is 12.6 Å². The molecule has 0 aromatic rings. The van der Waals surface area contributed by atoms with E-state index in [0.717, 1.165) is 18.7 Å². The molecule has 1 rings (SSSR count). The molecule has 0 saturated heterocycles. The molecule has 5 heteroatoms. The maximum absolute atomic E-state index is 11.5. The minimum absolute atomic E-state index is 0.328. The maximum Gasteiger partial charge on any atom is 0.334 e. The van der Waals surface area contributed by atoms with E-state index < -0.39 is 10.9 Å². The fourth-order valence-electron chi connectivity index (χ4n) is 1.62. The van der Waals surface area contributed by atoms with Crippen LogP contribution in [0.4, 0.5) is 0 Å². The summed E-state index contributed by atoms with van der Waals surface area (Å²) in [5, 5.41) is 3.20. The summed E-state index contributed by atoms with van der Waals surface area (Å²) in [6, 6.07) is -0.530. The van der Waals surface area contributed by atoms with Crippen LogP contribution in [0.1, 0.15) is 33.1 Å². The number of nitrogens with one attached hydrogen (secondary N) is 1. The largest absolute Gasteiger partial charge is 0.467 e. The monoisotopic (exact) mass is 230 g/mol. The van der Waals surface area contributed by atoms with Crippen molar-refractivity contribution in [3.63, 3.8) is 0 Å². The average molecular weight is 230 g/mol. The van der Waals surface area contributed by atoms with Crippen LogP contribution in [-0.2, 0) is 9.53 Å². The number of amidine groups is 1. The van der Waals surface area contributed by atoms with E-state index in [1.807, 2.05) is 6.92 Å². The molecule has 1 heterocycles. The van der Waals surface area contributed by atoms with Crippen molar-refractivity contribution in [1.29, 1.82) is 0 Å². The van der Waals surface area contributed by atoms with Gasteiger partial charge in [-0.1, -0.05) is 13.8 Å². The third kappa shape index (κ3) is 2.45. The number of carbonyl (C=O) groups excluding carboxylic acids is 1. The van der Waals surface area contributed by atoms with E-state index in [9.17, 15) is 4.79 Å². The highest BCUT2D eigenvalue weighted by molar-refractivity contribution is 7.82. The Morgan fingerprint density at radius 2 is 2.33 bits per heavy atom. The first-order valence-electron chi connectivity index (χ1n) is 5.22. The van der Waals surface area contributed by atoms with E-state index in [-0.39, 0.29) is 5.97 Å². The van der Waals surface area contributed by atoms with E-state index >= 15 is 0 Å². The molecule has 1 aliphatic heterocycles. The van der Waals surface area contributed by atoms with Gasteiger partial charge in [-0.25, -0.2) is 4.79 Å². The molecule has 0 bridgehead atoms. The predicted octanol–water partition coefficient (Wildman–Crippen LogP) is 1.37. The summed E-state index contributed by atoms with van der Waals surface area (Å²) in [5.41, 5.74) is 0. The number of thiol groups is 1. The lowest BCUT2D eigenvalue weighted by molar-refractivity contribution is -0.142. The average Bonchev–Trinajstić information content (AvgIpc) is 2.56. The van der Waals surface area contributed by atoms with Gasteiger partial charge in [-0.2, -0.15) is 0 Å². The zero-order chi connectivity index (χ0) is 11.5. The minimum atomic E-state index is -0.586. The molecule has 1 N–H and O–H groups in total. The van der Waals surface area contributed by atoms with Crippen molar-refractivity contribution in [2.24, 2.45) is 4.99 Å². The third-order valence-corrected chi connectivity index (χ3v) is 3.22.